The Bertz CT molecular complexity index is 566. The molecule has 108 valence electrons. The summed E-state index contributed by atoms with van der Waals surface area (Å²) in [7, 11) is 5.64. The number of nitrogens with one attached hydrogen (secondary N) is 1. The van der Waals surface area contributed by atoms with Gasteiger partial charge in [-0.2, -0.15) is 4.98 Å². The average molecular weight is 291 g/mol. The number of nitrogens with zero attached hydrogens (tertiary/aromatic N) is 2. The summed E-state index contributed by atoms with van der Waals surface area (Å²) < 4.78 is 5.34. The molecule has 2 aromatic rings. The van der Waals surface area contributed by atoms with Gasteiger partial charge in [0, 0.05) is 27.2 Å². The van der Waals surface area contributed by atoms with Crippen LogP contribution in [-0.4, -0.2) is 26.2 Å². The van der Waals surface area contributed by atoms with Crippen molar-refractivity contribution in [3.63, 3.8) is 0 Å². The van der Waals surface area contributed by atoms with E-state index in [1.807, 2.05) is 19.0 Å². The minimum atomic E-state index is 0.719. The van der Waals surface area contributed by atoms with E-state index in [1.54, 1.807) is 18.4 Å². The molecule has 0 radical (unpaired) electrons. The van der Waals surface area contributed by atoms with Crippen molar-refractivity contribution >= 4 is 16.5 Å². The van der Waals surface area contributed by atoms with E-state index in [0.29, 0.717) is 0 Å². The quantitative estimate of drug-likeness (QED) is 0.888. The molecule has 1 aromatic carbocycles. The van der Waals surface area contributed by atoms with Gasteiger partial charge in [-0.3, -0.25) is 0 Å². The standard InChI is InChI=1S/C15H21N3OS/c1-11-7-5-6-8-12(11)9-16-10-13-14(19-4)17-15(20-13)18(2)3/h5-8,16H,9-10H2,1-4H3. The van der Waals surface area contributed by atoms with Crippen LogP contribution in [0.2, 0.25) is 0 Å². The molecule has 5 heteroatoms. The zero-order chi connectivity index (χ0) is 14.5. The Morgan fingerprint density at radius 1 is 1.25 bits per heavy atom. The number of aryl methyl sites for hydroxylation is 1. The van der Waals surface area contributed by atoms with Crippen LogP contribution in [0.15, 0.2) is 24.3 Å². The number of ether oxygens (including phenoxy) is 1. The molecule has 0 amide bonds. The van der Waals surface area contributed by atoms with Crippen LogP contribution in [-0.2, 0) is 13.1 Å². The molecule has 0 spiro atoms. The maximum Gasteiger partial charge on any atom is 0.230 e. The lowest BCUT2D eigenvalue weighted by Crippen LogP contribution is -2.13. The third-order valence-corrected chi connectivity index (χ3v) is 4.29. The van der Waals surface area contributed by atoms with Crippen molar-refractivity contribution in [2.24, 2.45) is 0 Å². The molecule has 0 saturated carbocycles. The first kappa shape index (κ1) is 14.8. The molecule has 0 atom stereocenters. The zero-order valence-electron chi connectivity index (χ0n) is 12.4. The van der Waals surface area contributed by atoms with Crippen LogP contribution in [0.25, 0.3) is 0 Å². The molecule has 0 aliphatic heterocycles. The Hall–Kier alpha value is -1.59. The lowest BCUT2D eigenvalue weighted by atomic mass is 10.1. The summed E-state index contributed by atoms with van der Waals surface area (Å²) in [5.74, 6) is 0.719. The van der Waals surface area contributed by atoms with Crippen molar-refractivity contribution in [2.75, 3.05) is 26.1 Å². The van der Waals surface area contributed by atoms with Crippen molar-refractivity contribution < 1.29 is 4.74 Å². The second-order valence-corrected chi connectivity index (χ2v) is 5.92. The van der Waals surface area contributed by atoms with Crippen molar-refractivity contribution in [1.29, 1.82) is 0 Å². The van der Waals surface area contributed by atoms with E-state index < -0.39 is 0 Å². The Labute approximate surface area is 124 Å². The first-order valence-electron chi connectivity index (χ1n) is 6.58. The fourth-order valence-electron chi connectivity index (χ4n) is 1.91. The maximum absolute atomic E-state index is 5.34. The number of thiazole rings is 1. The predicted molar refractivity (Wildman–Crippen MR) is 84.7 cm³/mol. The van der Waals surface area contributed by atoms with Gasteiger partial charge in [-0.15, -0.1) is 0 Å². The molecule has 0 aliphatic rings. The summed E-state index contributed by atoms with van der Waals surface area (Å²) >= 11 is 1.66. The van der Waals surface area contributed by atoms with Gasteiger partial charge in [0.1, 0.15) is 0 Å². The van der Waals surface area contributed by atoms with E-state index in [4.69, 9.17) is 4.74 Å². The molecule has 1 heterocycles. The average Bonchev–Trinajstić information content (AvgIpc) is 2.84. The highest BCUT2D eigenvalue weighted by Gasteiger charge is 2.12. The molecular weight excluding hydrogens is 270 g/mol. The van der Waals surface area contributed by atoms with Crippen LogP contribution in [0.3, 0.4) is 0 Å². The van der Waals surface area contributed by atoms with Crippen LogP contribution in [0, 0.1) is 6.92 Å². The smallest absolute Gasteiger partial charge is 0.230 e. The molecule has 20 heavy (non-hydrogen) atoms. The Morgan fingerprint density at radius 3 is 2.65 bits per heavy atom. The Kier molecular flexibility index (Phi) is 4.98. The van der Waals surface area contributed by atoms with Gasteiger partial charge in [0.15, 0.2) is 5.13 Å². The monoisotopic (exact) mass is 291 g/mol. The molecule has 2 rings (SSSR count). The number of aromatic nitrogens is 1. The highest BCUT2D eigenvalue weighted by atomic mass is 32.1. The topological polar surface area (TPSA) is 37.4 Å². The number of hydrogen-bond acceptors (Lipinski definition) is 5. The van der Waals surface area contributed by atoms with Crippen LogP contribution in [0.1, 0.15) is 16.0 Å². The molecule has 0 bridgehead atoms. The minimum absolute atomic E-state index is 0.719. The SMILES string of the molecule is COc1nc(N(C)C)sc1CNCc1ccccc1C. The van der Waals surface area contributed by atoms with Crippen molar-refractivity contribution in [3.8, 4) is 5.88 Å². The predicted octanol–water partition coefficient (Wildman–Crippen LogP) is 2.82. The fraction of sp³-hybridized carbons (Fsp3) is 0.400. The Morgan fingerprint density at radius 2 is 2.00 bits per heavy atom. The highest BCUT2D eigenvalue weighted by Crippen LogP contribution is 2.30. The molecule has 0 fully saturated rings. The molecule has 1 N–H and O–H groups in total. The van der Waals surface area contributed by atoms with E-state index in [9.17, 15) is 0 Å². The first-order chi connectivity index (χ1) is 9.61. The van der Waals surface area contributed by atoms with Crippen LogP contribution >= 0.6 is 11.3 Å². The normalized spacial score (nSPS) is 10.6. The van der Waals surface area contributed by atoms with Gasteiger partial charge in [0.05, 0.1) is 12.0 Å². The molecule has 1 aromatic heterocycles. The third kappa shape index (κ3) is 3.49. The van der Waals surface area contributed by atoms with E-state index in [1.165, 1.54) is 11.1 Å². The van der Waals surface area contributed by atoms with Gasteiger partial charge in [0.2, 0.25) is 5.88 Å². The largest absolute Gasteiger partial charge is 0.480 e. The summed E-state index contributed by atoms with van der Waals surface area (Å²) in [6.45, 7) is 3.75. The summed E-state index contributed by atoms with van der Waals surface area (Å²) in [6.07, 6.45) is 0. The lowest BCUT2D eigenvalue weighted by molar-refractivity contribution is 0.394. The van der Waals surface area contributed by atoms with E-state index in [-0.39, 0.29) is 0 Å². The number of benzene rings is 1. The fourth-order valence-corrected chi connectivity index (χ4v) is 2.83. The molecule has 0 saturated heterocycles. The van der Waals surface area contributed by atoms with Crippen LogP contribution in [0.4, 0.5) is 5.13 Å². The number of rotatable bonds is 6. The van der Waals surface area contributed by atoms with Crippen molar-refractivity contribution in [2.45, 2.75) is 20.0 Å². The van der Waals surface area contributed by atoms with Gasteiger partial charge in [-0.05, 0) is 18.1 Å². The van der Waals surface area contributed by atoms with E-state index >= 15 is 0 Å². The summed E-state index contributed by atoms with van der Waals surface area (Å²) in [5.41, 5.74) is 2.63. The van der Waals surface area contributed by atoms with Gasteiger partial charge >= 0.3 is 0 Å². The summed E-state index contributed by atoms with van der Waals surface area (Å²) in [5, 5.41) is 4.42. The van der Waals surface area contributed by atoms with Crippen LogP contribution in [0.5, 0.6) is 5.88 Å². The number of methoxy groups -OCH3 is 1. The van der Waals surface area contributed by atoms with Gasteiger partial charge in [-0.1, -0.05) is 35.6 Å². The number of hydrogen-bond donors (Lipinski definition) is 1. The van der Waals surface area contributed by atoms with Gasteiger partial charge < -0.3 is 15.0 Å². The second kappa shape index (κ2) is 6.72. The van der Waals surface area contributed by atoms with Gasteiger partial charge in [-0.25, -0.2) is 0 Å². The maximum atomic E-state index is 5.34. The summed E-state index contributed by atoms with van der Waals surface area (Å²) in [6, 6.07) is 8.42. The zero-order valence-corrected chi connectivity index (χ0v) is 13.3. The third-order valence-electron chi connectivity index (χ3n) is 3.09. The van der Waals surface area contributed by atoms with E-state index in [0.717, 1.165) is 29.0 Å². The van der Waals surface area contributed by atoms with Crippen molar-refractivity contribution in [1.82, 2.24) is 10.3 Å². The summed E-state index contributed by atoms with van der Waals surface area (Å²) in [4.78, 5) is 7.58. The Balaban J connectivity index is 1.99. The molecule has 4 nitrogen and oxygen atoms in total. The number of anilines is 1. The molecule has 0 aliphatic carbocycles. The first-order valence-corrected chi connectivity index (χ1v) is 7.39. The second-order valence-electron chi connectivity index (χ2n) is 4.85. The highest BCUT2D eigenvalue weighted by molar-refractivity contribution is 7.15. The molecular formula is C15H21N3OS. The van der Waals surface area contributed by atoms with Crippen LogP contribution < -0.4 is 15.0 Å². The van der Waals surface area contributed by atoms with E-state index in [2.05, 4.69) is 41.5 Å². The lowest BCUT2D eigenvalue weighted by Gasteiger charge is -2.07. The molecule has 0 unspecified atom stereocenters. The van der Waals surface area contributed by atoms with Crippen molar-refractivity contribution in [3.05, 3.63) is 40.3 Å². The van der Waals surface area contributed by atoms with Gasteiger partial charge in [0.25, 0.3) is 0 Å². The minimum Gasteiger partial charge on any atom is -0.480 e.